The first-order valence-electron chi connectivity index (χ1n) is 9.38. The summed E-state index contributed by atoms with van der Waals surface area (Å²) in [5, 5.41) is 10.8. The fourth-order valence-corrected chi connectivity index (χ4v) is 3.58. The van der Waals surface area contributed by atoms with Crippen LogP contribution < -0.4 is 4.74 Å². The molecule has 27 heavy (non-hydrogen) atoms. The van der Waals surface area contributed by atoms with E-state index in [9.17, 15) is 14.3 Å². The largest absolute Gasteiger partial charge is 0.497 e. The Morgan fingerprint density at radius 2 is 1.74 bits per heavy atom. The van der Waals surface area contributed by atoms with Crippen molar-refractivity contribution >= 4 is 5.78 Å². The van der Waals surface area contributed by atoms with Crippen molar-refractivity contribution in [3.8, 4) is 5.75 Å². The minimum absolute atomic E-state index is 0.137. The highest BCUT2D eigenvalue weighted by Gasteiger charge is 2.33. The van der Waals surface area contributed by atoms with Gasteiger partial charge in [0.1, 0.15) is 11.6 Å². The lowest BCUT2D eigenvalue weighted by atomic mass is 9.84. The molecule has 1 N–H and O–H groups in total. The van der Waals surface area contributed by atoms with Crippen molar-refractivity contribution in [2.75, 3.05) is 26.7 Å². The highest BCUT2D eigenvalue weighted by atomic mass is 19.1. The Morgan fingerprint density at radius 1 is 1.11 bits per heavy atom. The minimum atomic E-state index is -0.886. The average molecular weight is 371 g/mol. The second-order valence-electron chi connectivity index (χ2n) is 7.14. The number of halogens is 1. The van der Waals surface area contributed by atoms with Gasteiger partial charge in [-0.1, -0.05) is 12.1 Å². The number of likely N-dealkylation sites (tertiary alicyclic amines) is 1. The molecule has 0 saturated carbocycles. The van der Waals surface area contributed by atoms with Crippen LogP contribution in [0.15, 0.2) is 48.5 Å². The molecule has 0 spiro atoms. The quantitative estimate of drug-likeness (QED) is 0.753. The number of rotatable bonds is 7. The SMILES string of the molecule is COc1ccc(C(=O)CCCN2CCC(O)(c3ccc(F)cc3)CC2)cc1. The number of aliphatic hydroxyl groups is 1. The van der Waals surface area contributed by atoms with Crippen LogP contribution in [0.4, 0.5) is 4.39 Å². The molecule has 4 nitrogen and oxygen atoms in total. The summed E-state index contributed by atoms with van der Waals surface area (Å²) in [4.78, 5) is 14.5. The van der Waals surface area contributed by atoms with Crippen LogP contribution in [-0.2, 0) is 5.60 Å². The first-order valence-corrected chi connectivity index (χ1v) is 9.38. The molecule has 0 bridgehead atoms. The predicted octanol–water partition coefficient (Wildman–Crippen LogP) is 3.78. The lowest BCUT2D eigenvalue weighted by Gasteiger charge is -2.38. The van der Waals surface area contributed by atoms with E-state index >= 15 is 0 Å². The van der Waals surface area contributed by atoms with Gasteiger partial charge in [-0.05, 0) is 67.8 Å². The number of ketones is 1. The molecule has 0 amide bonds. The van der Waals surface area contributed by atoms with Gasteiger partial charge in [0.25, 0.3) is 0 Å². The number of carbonyl (C=O) groups excluding carboxylic acids is 1. The highest BCUT2D eigenvalue weighted by Crippen LogP contribution is 2.32. The van der Waals surface area contributed by atoms with Gasteiger partial charge in [-0.15, -0.1) is 0 Å². The smallest absolute Gasteiger partial charge is 0.162 e. The van der Waals surface area contributed by atoms with E-state index in [1.807, 2.05) is 0 Å². The van der Waals surface area contributed by atoms with E-state index in [2.05, 4.69) is 4.90 Å². The standard InChI is InChI=1S/C22H26FNO3/c1-27-20-10-4-17(5-11-20)21(25)3-2-14-24-15-12-22(26,13-16-24)18-6-8-19(23)9-7-18/h4-11,26H,2-3,12-16H2,1H3. The Kier molecular flexibility index (Phi) is 6.24. The Hall–Kier alpha value is -2.24. The number of Topliss-reactive ketones (excluding diaryl/α,β-unsaturated/α-hetero) is 1. The molecule has 1 saturated heterocycles. The van der Waals surface area contributed by atoms with Crippen LogP contribution in [0, 0.1) is 5.82 Å². The Balaban J connectivity index is 1.44. The summed E-state index contributed by atoms with van der Waals surface area (Å²) in [5.41, 5.74) is 0.599. The van der Waals surface area contributed by atoms with Crippen LogP contribution in [0.2, 0.25) is 0 Å². The maximum atomic E-state index is 13.1. The van der Waals surface area contributed by atoms with Crippen LogP contribution >= 0.6 is 0 Å². The number of piperidine rings is 1. The molecule has 3 rings (SSSR count). The van der Waals surface area contributed by atoms with Gasteiger partial charge in [0, 0.05) is 25.1 Å². The molecule has 1 aliphatic rings. The first kappa shape index (κ1) is 19.5. The van der Waals surface area contributed by atoms with E-state index in [4.69, 9.17) is 4.74 Å². The zero-order chi connectivity index (χ0) is 19.3. The highest BCUT2D eigenvalue weighted by molar-refractivity contribution is 5.96. The lowest BCUT2D eigenvalue weighted by molar-refractivity contribution is -0.0260. The van der Waals surface area contributed by atoms with Crippen LogP contribution in [0.5, 0.6) is 5.75 Å². The van der Waals surface area contributed by atoms with Crippen LogP contribution in [0.3, 0.4) is 0 Å². The number of ether oxygens (including phenoxy) is 1. The summed E-state index contributed by atoms with van der Waals surface area (Å²) < 4.78 is 18.2. The number of nitrogens with zero attached hydrogens (tertiary/aromatic N) is 1. The normalized spacial score (nSPS) is 16.9. The van der Waals surface area contributed by atoms with Crippen LogP contribution in [0.25, 0.3) is 0 Å². The van der Waals surface area contributed by atoms with E-state index in [0.717, 1.165) is 37.4 Å². The van der Waals surface area contributed by atoms with Gasteiger partial charge in [-0.25, -0.2) is 4.39 Å². The van der Waals surface area contributed by atoms with E-state index in [0.29, 0.717) is 24.8 Å². The van der Waals surface area contributed by atoms with Gasteiger partial charge in [0.05, 0.1) is 12.7 Å². The van der Waals surface area contributed by atoms with Crippen molar-refractivity contribution in [3.05, 3.63) is 65.5 Å². The summed E-state index contributed by atoms with van der Waals surface area (Å²) in [5.74, 6) is 0.590. The van der Waals surface area contributed by atoms with Gasteiger partial charge in [0.15, 0.2) is 5.78 Å². The monoisotopic (exact) mass is 371 g/mol. The van der Waals surface area contributed by atoms with E-state index in [-0.39, 0.29) is 11.6 Å². The summed E-state index contributed by atoms with van der Waals surface area (Å²) in [6, 6.07) is 13.3. The first-order chi connectivity index (χ1) is 13.0. The van der Waals surface area contributed by atoms with Crippen LogP contribution in [0.1, 0.15) is 41.6 Å². The lowest BCUT2D eigenvalue weighted by Crippen LogP contribution is -2.42. The predicted molar refractivity (Wildman–Crippen MR) is 103 cm³/mol. The molecule has 2 aromatic rings. The van der Waals surface area contributed by atoms with Crippen molar-refractivity contribution in [3.63, 3.8) is 0 Å². The fraction of sp³-hybridized carbons (Fsp3) is 0.409. The third-order valence-corrected chi connectivity index (χ3v) is 5.35. The van der Waals surface area contributed by atoms with Crippen molar-refractivity contribution in [2.45, 2.75) is 31.3 Å². The second kappa shape index (κ2) is 8.63. The number of hydrogen-bond donors (Lipinski definition) is 1. The Labute approximate surface area is 159 Å². The van der Waals surface area contributed by atoms with E-state index < -0.39 is 5.60 Å². The molecular formula is C22H26FNO3. The summed E-state index contributed by atoms with van der Waals surface area (Å²) in [7, 11) is 1.60. The molecule has 2 aromatic carbocycles. The number of hydrogen-bond acceptors (Lipinski definition) is 4. The number of methoxy groups -OCH3 is 1. The number of carbonyl (C=O) groups is 1. The molecule has 5 heteroatoms. The number of benzene rings is 2. The average Bonchev–Trinajstić information content (AvgIpc) is 2.70. The van der Waals surface area contributed by atoms with Crippen LogP contribution in [-0.4, -0.2) is 42.5 Å². The van der Waals surface area contributed by atoms with Gasteiger partial charge in [-0.2, -0.15) is 0 Å². The summed E-state index contributed by atoms with van der Waals surface area (Å²) in [6.07, 6.45) is 2.53. The van der Waals surface area contributed by atoms with Gasteiger partial charge in [0.2, 0.25) is 0 Å². The van der Waals surface area contributed by atoms with E-state index in [1.165, 1.54) is 12.1 Å². The topological polar surface area (TPSA) is 49.8 Å². The molecule has 1 aliphatic heterocycles. The molecule has 1 fully saturated rings. The Bertz CT molecular complexity index is 750. The molecule has 0 atom stereocenters. The minimum Gasteiger partial charge on any atom is -0.497 e. The van der Waals surface area contributed by atoms with Gasteiger partial charge < -0.3 is 14.7 Å². The molecule has 0 unspecified atom stereocenters. The second-order valence-corrected chi connectivity index (χ2v) is 7.14. The van der Waals surface area contributed by atoms with Crippen molar-refractivity contribution in [2.24, 2.45) is 0 Å². The third-order valence-electron chi connectivity index (χ3n) is 5.35. The fourth-order valence-electron chi connectivity index (χ4n) is 3.58. The van der Waals surface area contributed by atoms with Gasteiger partial charge in [-0.3, -0.25) is 4.79 Å². The molecule has 0 aliphatic carbocycles. The third kappa shape index (κ3) is 4.93. The maximum Gasteiger partial charge on any atom is 0.162 e. The van der Waals surface area contributed by atoms with Crippen molar-refractivity contribution < 1.29 is 19.0 Å². The van der Waals surface area contributed by atoms with Crippen molar-refractivity contribution in [1.82, 2.24) is 4.90 Å². The molecule has 1 heterocycles. The summed E-state index contributed by atoms with van der Waals surface area (Å²) in [6.45, 7) is 2.37. The van der Waals surface area contributed by atoms with Gasteiger partial charge >= 0.3 is 0 Å². The zero-order valence-electron chi connectivity index (χ0n) is 15.7. The van der Waals surface area contributed by atoms with Crippen molar-refractivity contribution in [1.29, 1.82) is 0 Å². The summed E-state index contributed by atoms with van der Waals surface area (Å²) >= 11 is 0. The maximum absolute atomic E-state index is 13.1. The Morgan fingerprint density at radius 3 is 2.33 bits per heavy atom. The molecule has 0 radical (unpaired) electrons. The molecule has 144 valence electrons. The zero-order valence-corrected chi connectivity index (χ0v) is 15.7. The van der Waals surface area contributed by atoms with E-state index in [1.54, 1.807) is 43.5 Å². The molecule has 0 aromatic heterocycles. The molecular weight excluding hydrogens is 345 g/mol.